The fraction of sp³-hybridized carbons (Fsp3) is 0.545. The average Bonchev–Trinajstić information content (AvgIpc) is 2.69. The molecule has 0 bridgehead atoms. The van der Waals surface area contributed by atoms with E-state index in [1.54, 1.807) is 18.2 Å². The summed E-state index contributed by atoms with van der Waals surface area (Å²) in [5.41, 5.74) is 1.66. The van der Waals surface area contributed by atoms with E-state index in [0.29, 0.717) is 38.8 Å². The molecule has 5 nitrogen and oxygen atoms in total. The van der Waals surface area contributed by atoms with Crippen LogP contribution < -0.4 is 0 Å². The molecule has 2 heterocycles. The second-order valence-electron chi connectivity index (χ2n) is 7.87. The van der Waals surface area contributed by atoms with Crippen LogP contribution >= 0.6 is 0 Å². The van der Waals surface area contributed by atoms with Gasteiger partial charge in [0.15, 0.2) is 0 Å². The van der Waals surface area contributed by atoms with Crippen molar-refractivity contribution in [2.75, 3.05) is 39.3 Å². The fourth-order valence-electron chi connectivity index (χ4n) is 3.95. The molecule has 2 amide bonds. The van der Waals surface area contributed by atoms with Gasteiger partial charge in [0.2, 0.25) is 11.8 Å². The molecular weight excluding hydrogens is 357 g/mol. The minimum Gasteiger partial charge on any atom is -0.339 e. The molecule has 3 rings (SSSR count). The molecule has 0 N–H and O–H groups in total. The molecule has 1 aromatic rings. The molecule has 6 heteroatoms. The van der Waals surface area contributed by atoms with Gasteiger partial charge in [0, 0.05) is 44.8 Å². The Balaban J connectivity index is 1.49. The van der Waals surface area contributed by atoms with Crippen molar-refractivity contribution in [3.05, 3.63) is 41.7 Å². The third-order valence-electron chi connectivity index (χ3n) is 5.81. The maximum Gasteiger partial charge on any atom is 0.246 e. The molecule has 0 radical (unpaired) electrons. The maximum absolute atomic E-state index is 13.0. The summed E-state index contributed by atoms with van der Waals surface area (Å²) in [6.45, 7) is 7.96. The van der Waals surface area contributed by atoms with Crippen LogP contribution in [-0.4, -0.2) is 71.8 Å². The third-order valence-corrected chi connectivity index (χ3v) is 5.81. The number of benzene rings is 1. The molecule has 28 heavy (non-hydrogen) atoms. The number of halogens is 1. The van der Waals surface area contributed by atoms with Crippen molar-refractivity contribution in [3.63, 3.8) is 0 Å². The summed E-state index contributed by atoms with van der Waals surface area (Å²) in [5.74, 6) is -0.107. The number of allylic oxidation sites excluding steroid dienone is 1. The number of nitrogens with zero attached hydrogens (tertiary/aromatic N) is 3. The van der Waals surface area contributed by atoms with Crippen molar-refractivity contribution >= 4 is 17.4 Å². The molecule has 0 aliphatic carbocycles. The Bertz CT molecular complexity index is 724. The van der Waals surface area contributed by atoms with Gasteiger partial charge in [0.1, 0.15) is 5.82 Å². The number of hydrogen-bond donors (Lipinski definition) is 0. The number of piperidine rings is 1. The van der Waals surface area contributed by atoms with Gasteiger partial charge >= 0.3 is 0 Å². The molecular formula is C22H30FN3O2. The van der Waals surface area contributed by atoms with E-state index in [1.165, 1.54) is 18.6 Å². The van der Waals surface area contributed by atoms with Gasteiger partial charge in [-0.15, -0.1) is 0 Å². The van der Waals surface area contributed by atoms with Crippen molar-refractivity contribution in [2.45, 2.75) is 39.2 Å². The van der Waals surface area contributed by atoms with E-state index < -0.39 is 0 Å². The lowest BCUT2D eigenvalue weighted by Crippen LogP contribution is -2.52. The largest absolute Gasteiger partial charge is 0.339 e. The monoisotopic (exact) mass is 387 g/mol. The highest BCUT2D eigenvalue weighted by molar-refractivity contribution is 5.95. The van der Waals surface area contributed by atoms with Crippen molar-refractivity contribution in [1.82, 2.24) is 14.7 Å². The van der Waals surface area contributed by atoms with Gasteiger partial charge < -0.3 is 9.80 Å². The summed E-state index contributed by atoms with van der Waals surface area (Å²) < 4.78 is 13.0. The lowest BCUT2D eigenvalue weighted by molar-refractivity contribution is -0.136. The Hall–Kier alpha value is -2.21. The molecule has 1 atom stereocenters. The Morgan fingerprint density at radius 3 is 2.39 bits per heavy atom. The van der Waals surface area contributed by atoms with Gasteiger partial charge in [-0.2, -0.15) is 0 Å². The minimum atomic E-state index is -0.285. The molecule has 0 saturated carbocycles. The first-order chi connectivity index (χ1) is 13.4. The Morgan fingerprint density at radius 1 is 1.07 bits per heavy atom. The van der Waals surface area contributed by atoms with E-state index >= 15 is 0 Å². The van der Waals surface area contributed by atoms with Crippen molar-refractivity contribution in [1.29, 1.82) is 0 Å². The Kier molecular flexibility index (Phi) is 6.83. The smallest absolute Gasteiger partial charge is 0.246 e. The van der Waals surface area contributed by atoms with Crippen LogP contribution in [0.2, 0.25) is 0 Å². The van der Waals surface area contributed by atoms with E-state index in [9.17, 15) is 14.0 Å². The van der Waals surface area contributed by atoms with Crippen LogP contribution in [0.5, 0.6) is 0 Å². The molecule has 2 fully saturated rings. The number of amides is 2. The van der Waals surface area contributed by atoms with E-state index in [1.807, 2.05) is 16.7 Å². The van der Waals surface area contributed by atoms with E-state index in [2.05, 4.69) is 11.8 Å². The van der Waals surface area contributed by atoms with Gasteiger partial charge in [0.05, 0.1) is 6.54 Å². The summed E-state index contributed by atoms with van der Waals surface area (Å²) in [4.78, 5) is 31.1. The SMILES string of the molecule is C/C(=C/C(=O)N1CCN(CC(=O)N2CCCCC2C)CC1)c1ccc(F)cc1. The molecule has 2 saturated heterocycles. The quantitative estimate of drug-likeness (QED) is 0.747. The van der Waals surface area contributed by atoms with Crippen LogP contribution in [0.25, 0.3) is 5.57 Å². The topological polar surface area (TPSA) is 43.9 Å². The van der Waals surface area contributed by atoms with Crippen LogP contribution in [0, 0.1) is 5.82 Å². The van der Waals surface area contributed by atoms with Gasteiger partial charge in [-0.3, -0.25) is 14.5 Å². The maximum atomic E-state index is 13.0. The van der Waals surface area contributed by atoms with Gasteiger partial charge in [-0.25, -0.2) is 4.39 Å². The molecule has 0 aromatic heterocycles. The zero-order valence-electron chi connectivity index (χ0n) is 16.9. The van der Waals surface area contributed by atoms with Crippen molar-refractivity contribution < 1.29 is 14.0 Å². The molecule has 152 valence electrons. The van der Waals surface area contributed by atoms with Crippen LogP contribution in [0.15, 0.2) is 30.3 Å². The zero-order valence-corrected chi connectivity index (χ0v) is 16.9. The number of rotatable bonds is 4. The van der Waals surface area contributed by atoms with Gasteiger partial charge in [-0.1, -0.05) is 12.1 Å². The summed E-state index contributed by atoms with van der Waals surface area (Å²) >= 11 is 0. The van der Waals surface area contributed by atoms with Gasteiger partial charge in [0.25, 0.3) is 0 Å². The first-order valence-electron chi connectivity index (χ1n) is 10.2. The standard InChI is InChI=1S/C22H30FN3O2/c1-17(19-6-8-20(23)9-7-19)15-21(27)25-13-11-24(12-14-25)16-22(28)26-10-4-3-5-18(26)2/h6-9,15,18H,3-5,10-14,16H2,1-2H3/b17-15-. The first-order valence-corrected chi connectivity index (χ1v) is 10.2. The molecule has 0 spiro atoms. The molecule has 2 aliphatic rings. The first kappa shape index (κ1) is 20.5. The summed E-state index contributed by atoms with van der Waals surface area (Å²) in [6.07, 6.45) is 5.01. The summed E-state index contributed by atoms with van der Waals surface area (Å²) in [6, 6.07) is 6.49. The molecule has 2 aliphatic heterocycles. The number of likely N-dealkylation sites (tertiary alicyclic amines) is 1. The average molecular weight is 387 g/mol. The fourth-order valence-corrected chi connectivity index (χ4v) is 3.95. The highest BCUT2D eigenvalue weighted by Gasteiger charge is 2.27. The zero-order chi connectivity index (χ0) is 20.1. The highest BCUT2D eigenvalue weighted by Crippen LogP contribution is 2.18. The van der Waals surface area contributed by atoms with Crippen LogP contribution in [0.1, 0.15) is 38.7 Å². The third kappa shape index (κ3) is 5.19. The number of carbonyl (C=O) groups is 2. The van der Waals surface area contributed by atoms with Gasteiger partial charge in [-0.05, 0) is 56.4 Å². The van der Waals surface area contributed by atoms with Crippen LogP contribution in [0.4, 0.5) is 4.39 Å². The van der Waals surface area contributed by atoms with Crippen molar-refractivity contribution in [3.8, 4) is 0 Å². The summed E-state index contributed by atoms with van der Waals surface area (Å²) in [7, 11) is 0. The van der Waals surface area contributed by atoms with E-state index in [-0.39, 0.29) is 17.6 Å². The highest BCUT2D eigenvalue weighted by atomic mass is 19.1. The number of carbonyl (C=O) groups excluding carboxylic acids is 2. The van der Waals surface area contributed by atoms with Crippen molar-refractivity contribution in [2.24, 2.45) is 0 Å². The van der Waals surface area contributed by atoms with E-state index in [4.69, 9.17) is 0 Å². The van der Waals surface area contributed by atoms with Crippen LogP contribution in [-0.2, 0) is 9.59 Å². The second kappa shape index (κ2) is 9.32. The lowest BCUT2D eigenvalue weighted by atomic mass is 10.0. The van der Waals surface area contributed by atoms with E-state index in [0.717, 1.165) is 30.5 Å². The van der Waals surface area contributed by atoms with Crippen LogP contribution in [0.3, 0.4) is 0 Å². The minimum absolute atomic E-state index is 0.0301. The number of piperazine rings is 1. The summed E-state index contributed by atoms with van der Waals surface area (Å²) in [5, 5.41) is 0. The molecule has 1 aromatic carbocycles. The Labute approximate surface area is 166 Å². The predicted molar refractivity (Wildman–Crippen MR) is 108 cm³/mol. The second-order valence-corrected chi connectivity index (χ2v) is 7.87. The Morgan fingerprint density at radius 2 is 1.75 bits per heavy atom. The number of hydrogen-bond acceptors (Lipinski definition) is 3. The molecule has 1 unspecified atom stereocenters. The normalized spacial score (nSPS) is 21.7. The predicted octanol–water partition coefficient (Wildman–Crippen LogP) is 2.77. The lowest BCUT2D eigenvalue weighted by Gasteiger charge is -2.37.